The summed E-state index contributed by atoms with van der Waals surface area (Å²) in [5.74, 6) is 0. The molecule has 1 fully saturated rings. The van der Waals surface area contributed by atoms with E-state index in [1.807, 2.05) is 82.2 Å². The predicted octanol–water partition coefficient (Wildman–Crippen LogP) is 5.24. The Bertz CT molecular complexity index is 465. The summed E-state index contributed by atoms with van der Waals surface area (Å²) < 4.78 is 17.5. The van der Waals surface area contributed by atoms with E-state index in [1.54, 1.807) is 4.90 Å². The minimum absolute atomic E-state index is 0.267. The number of hydrogen-bond donors (Lipinski definition) is 0. The SMILES string of the molecule is CC.CC.CC(C)(C)OC(=O)N1CC=C(B2OC(C)(C)C(C)(C)O2)CC1. The van der Waals surface area contributed by atoms with E-state index in [2.05, 4.69) is 0 Å². The summed E-state index contributed by atoms with van der Waals surface area (Å²) in [5.41, 5.74) is -0.0209. The molecule has 0 spiro atoms. The summed E-state index contributed by atoms with van der Waals surface area (Å²) in [6.45, 7) is 23.0. The lowest BCUT2D eigenvalue weighted by atomic mass is 9.75. The quantitative estimate of drug-likeness (QED) is 0.593. The molecule has 2 aliphatic heterocycles. The molecule has 0 aromatic rings. The second-order valence-electron chi connectivity index (χ2n) is 8.04. The molecule has 26 heavy (non-hydrogen) atoms. The van der Waals surface area contributed by atoms with E-state index in [1.165, 1.54) is 0 Å². The highest BCUT2D eigenvalue weighted by Gasteiger charge is 2.52. The molecule has 6 heteroatoms. The van der Waals surface area contributed by atoms with Crippen molar-refractivity contribution >= 4 is 13.2 Å². The minimum Gasteiger partial charge on any atom is -0.444 e. The molecule has 0 N–H and O–H groups in total. The Kier molecular flexibility index (Phi) is 9.41. The molecule has 0 radical (unpaired) electrons. The molecule has 1 amide bonds. The molecule has 0 unspecified atom stereocenters. The largest absolute Gasteiger partial charge is 0.490 e. The Morgan fingerprint density at radius 2 is 1.54 bits per heavy atom. The first kappa shape index (κ1) is 25.0. The highest BCUT2D eigenvalue weighted by Crippen LogP contribution is 2.39. The Labute approximate surface area is 161 Å². The number of carbonyl (C=O) groups is 1. The van der Waals surface area contributed by atoms with E-state index in [0.29, 0.717) is 13.1 Å². The van der Waals surface area contributed by atoms with Crippen LogP contribution in [-0.4, -0.2) is 48.0 Å². The molecule has 0 saturated carbocycles. The monoisotopic (exact) mass is 369 g/mol. The lowest BCUT2D eigenvalue weighted by molar-refractivity contribution is 0.00578. The van der Waals surface area contributed by atoms with E-state index in [0.717, 1.165) is 11.9 Å². The van der Waals surface area contributed by atoms with Crippen LogP contribution in [-0.2, 0) is 14.0 Å². The zero-order chi connectivity index (χ0) is 20.8. The zero-order valence-electron chi connectivity index (χ0n) is 18.9. The Morgan fingerprint density at radius 3 is 1.88 bits per heavy atom. The number of ether oxygens (including phenoxy) is 1. The number of carbonyl (C=O) groups excluding carboxylic acids is 1. The van der Waals surface area contributed by atoms with E-state index in [4.69, 9.17) is 14.0 Å². The van der Waals surface area contributed by atoms with Crippen molar-refractivity contribution in [2.24, 2.45) is 0 Å². The van der Waals surface area contributed by atoms with Gasteiger partial charge in [0, 0.05) is 13.1 Å². The van der Waals surface area contributed by atoms with Gasteiger partial charge in [-0.2, -0.15) is 0 Å². The maximum Gasteiger partial charge on any atom is 0.490 e. The lowest BCUT2D eigenvalue weighted by Gasteiger charge is -2.32. The molecule has 0 aromatic heterocycles. The van der Waals surface area contributed by atoms with Crippen LogP contribution in [0.2, 0.25) is 0 Å². The van der Waals surface area contributed by atoms with Crippen LogP contribution >= 0.6 is 0 Å². The molecule has 152 valence electrons. The van der Waals surface area contributed by atoms with Crippen LogP contribution in [0.4, 0.5) is 4.79 Å². The smallest absolute Gasteiger partial charge is 0.444 e. The summed E-state index contributed by atoms with van der Waals surface area (Å²) in [6, 6.07) is 0. The molecule has 0 aromatic carbocycles. The van der Waals surface area contributed by atoms with Gasteiger partial charge < -0.3 is 18.9 Å². The third-order valence-electron chi connectivity index (χ3n) is 4.45. The van der Waals surface area contributed by atoms with Crippen LogP contribution in [0.25, 0.3) is 0 Å². The molecule has 0 aliphatic carbocycles. The van der Waals surface area contributed by atoms with Crippen molar-refractivity contribution in [1.29, 1.82) is 0 Å². The van der Waals surface area contributed by atoms with E-state index >= 15 is 0 Å². The van der Waals surface area contributed by atoms with Crippen molar-refractivity contribution in [2.45, 2.75) is 99.4 Å². The number of amides is 1. The summed E-state index contributed by atoms with van der Waals surface area (Å²) in [4.78, 5) is 13.8. The molecule has 2 rings (SSSR count). The fraction of sp³-hybridized carbons (Fsp3) is 0.850. The summed E-state index contributed by atoms with van der Waals surface area (Å²) in [5, 5.41) is 0. The second-order valence-corrected chi connectivity index (χ2v) is 8.04. The fourth-order valence-corrected chi connectivity index (χ4v) is 2.39. The number of hydrogen-bond acceptors (Lipinski definition) is 4. The van der Waals surface area contributed by atoms with Gasteiger partial charge in [0.1, 0.15) is 5.60 Å². The van der Waals surface area contributed by atoms with Gasteiger partial charge in [0.05, 0.1) is 11.2 Å². The fourth-order valence-electron chi connectivity index (χ4n) is 2.39. The molecule has 0 bridgehead atoms. The summed E-state index contributed by atoms with van der Waals surface area (Å²) in [7, 11) is -0.314. The first-order valence-corrected chi connectivity index (χ1v) is 9.94. The van der Waals surface area contributed by atoms with Crippen LogP contribution in [0.3, 0.4) is 0 Å². The van der Waals surface area contributed by atoms with Gasteiger partial charge in [0.15, 0.2) is 0 Å². The topological polar surface area (TPSA) is 48.0 Å². The Morgan fingerprint density at radius 1 is 1.08 bits per heavy atom. The Balaban J connectivity index is 0.00000146. The van der Waals surface area contributed by atoms with Crippen molar-refractivity contribution in [3.8, 4) is 0 Å². The van der Waals surface area contributed by atoms with Crippen LogP contribution in [0.5, 0.6) is 0 Å². The van der Waals surface area contributed by atoms with Crippen molar-refractivity contribution < 1.29 is 18.8 Å². The van der Waals surface area contributed by atoms with Crippen LogP contribution in [0.15, 0.2) is 11.5 Å². The molecule has 1 saturated heterocycles. The first-order chi connectivity index (χ1) is 11.9. The van der Waals surface area contributed by atoms with Gasteiger partial charge in [-0.15, -0.1) is 0 Å². The van der Waals surface area contributed by atoms with Gasteiger partial charge in [-0.3, -0.25) is 0 Å². The number of nitrogens with zero attached hydrogens (tertiary/aromatic N) is 1. The van der Waals surface area contributed by atoms with Crippen molar-refractivity contribution in [2.75, 3.05) is 13.1 Å². The lowest BCUT2D eigenvalue weighted by Crippen LogP contribution is -2.41. The maximum absolute atomic E-state index is 12.1. The molecule has 5 nitrogen and oxygen atoms in total. The van der Waals surface area contributed by atoms with Gasteiger partial charge in [-0.1, -0.05) is 33.8 Å². The maximum atomic E-state index is 12.1. The normalized spacial score (nSPS) is 21.0. The second kappa shape index (κ2) is 9.79. The highest BCUT2D eigenvalue weighted by atomic mass is 16.7. The molecule has 0 atom stereocenters. The van der Waals surface area contributed by atoms with Crippen molar-refractivity contribution in [3.05, 3.63) is 11.5 Å². The predicted molar refractivity (Wildman–Crippen MR) is 109 cm³/mol. The molecule has 2 aliphatic rings. The standard InChI is InChI=1S/C16H28BNO4.2C2H6/c1-14(2,3)20-13(19)18-10-8-12(9-11-18)17-21-15(4,5)16(6,7)22-17;2*1-2/h8H,9-11H2,1-7H3;2*1-2H3. The molecular formula is C20H40BNO4. The average Bonchev–Trinajstić information content (AvgIpc) is 2.78. The van der Waals surface area contributed by atoms with Gasteiger partial charge >= 0.3 is 13.2 Å². The van der Waals surface area contributed by atoms with Crippen molar-refractivity contribution in [3.63, 3.8) is 0 Å². The molecule has 2 heterocycles. The van der Waals surface area contributed by atoms with Crippen LogP contribution in [0, 0.1) is 0 Å². The number of rotatable bonds is 1. The van der Waals surface area contributed by atoms with Gasteiger partial charge in [-0.05, 0) is 60.4 Å². The first-order valence-electron chi connectivity index (χ1n) is 9.94. The van der Waals surface area contributed by atoms with Crippen molar-refractivity contribution in [1.82, 2.24) is 4.90 Å². The van der Waals surface area contributed by atoms with E-state index in [9.17, 15) is 4.79 Å². The van der Waals surface area contributed by atoms with Crippen LogP contribution < -0.4 is 0 Å². The van der Waals surface area contributed by atoms with Gasteiger partial charge in [0.2, 0.25) is 0 Å². The molecular weight excluding hydrogens is 329 g/mol. The Hall–Kier alpha value is -1.01. The van der Waals surface area contributed by atoms with Crippen LogP contribution in [0.1, 0.15) is 82.6 Å². The van der Waals surface area contributed by atoms with Gasteiger partial charge in [0.25, 0.3) is 0 Å². The third kappa shape index (κ3) is 6.62. The summed E-state index contributed by atoms with van der Waals surface area (Å²) >= 11 is 0. The van der Waals surface area contributed by atoms with E-state index < -0.39 is 5.60 Å². The highest BCUT2D eigenvalue weighted by molar-refractivity contribution is 6.54. The summed E-state index contributed by atoms with van der Waals surface area (Å²) in [6.07, 6.45) is 2.50. The average molecular weight is 369 g/mol. The van der Waals surface area contributed by atoms with Gasteiger partial charge in [-0.25, -0.2) is 4.79 Å². The van der Waals surface area contributed by atoms with E-state index in [-0.39, 0.29) is 24.4 Å². The zero-order valence-corrected chi connectivity index (χ0v) is 18.9. The third-order valence-corrected chi connectivity index (χ3v) is 4.45. The minimum atomic E-state index is -0.465.